The first kappa shape index (κ1) is 20.8. The third-order valence-electron chi connectivity index (χ3n) is 5.21. The van der Waals surface area contributed by atoms with E-state index >= 15 is 0 Å². The van der Waals surface area contributed by atoms with E-state index in [2.05, 4.69) is 16.0 Å². The van der Waals surface area contributed by atoms with Crippen molar-refractivity contribution in [2.75, 3.05) is 5.32 Å². The fourth-order valence-corrected chi connectivity index (χ4v) is 3.59. The minimum absolute atomic E-state index is 0.0649. The lowest BCUT2D eigenvalue weighted by molar-refractivity contribution is -0.384. The van der Waals surface area contributed by atoms with Gasteiger partial charge in [-0.25, -0.2) is 4.79 Å². The Hall–Kier alpha value is -4.41. The van der Waals surface area contributed by atoms with Crippen molar-refractivity contribution in [1.29, 1.82) is 0 Å². The Morgan fingerprint density at radius 1 is 1.22 bits per heavy atom. The molecule has 1 aromatic heterocycles. The van der Waals surface area contributed by atoms with Gasteiger partial charge in [0.15, 0.2) is 5.88 Å². The van der Waals surface area contributed by atoms with Gasteiger partial charge in [0, 0.05) is 47.8 Å². The van der Waals surface area contributed by atoms with Crippen LogP contribution in [0.4, 0.5) is 16.2 Å². The highest BCUT2D eigenvalue weighted by Gasteiger charge is 2.30. The molecule has 4 rings (SSSR count). The molecule has 11 nitrogen and oxygen atoms in total. The summed E-state index contributed by atoms with van der Waals surface area (Å²) < 4.78 is 1.45. The van der Waals surface area contributed by atoms with Crippen molar-refractivity contribution in [2.24, 2.45) is 0 Å². The van der Waals surface area contributed by atoms with Crippen molar-refractivity contribution < 1.29 is 24.4 Å². The quantitative estimate of drug-likeness (QED) is 0.273. The highest BCUT2D eigenvalue weighted by atomic mass is 16.6. The maximum Gasteiger partial charge on any atom is 0.319 e. The summed E-state index contributed by atoms with van der Waals surface area (Å²) in [6, 6.07) is 9.52. The molecule has 2 aromatic carbocycles. The molecule has 0 spiro atoms. The van der Waals surface area contributed by atoms with Crippen LogP contribution in [0.3, 0.4) is 0 Å². The van der Waals surface area contributed by atoms with Crippen molar-refractivity contribution in [1.82, 2.24) is 15.2 Å². The third kappa shape index (κ3) is 4.21. The second-order valence-corrected chi connectivity index (χ2v) is 7.36. The molecule has 1 fully saturated rings. The molecule has 0 bridgehead atoms. The summed E-state index contributed by atoms with van der Waals surface area (Å²) in [4.78, 5) is 45.8. The molecule has 32 heavy (non-hydrogen) atoms. The highest BCUT2D eigenvalue weighted by Crippen LogP contribution is 2.33. The van der Waals surface area contributed by atoms with Crippen LogP contribution in [0.2, 0.25) is 0 Å². The van der Waals surface area contributed by atoms with E-state index in [0.717, 1.165) is 5.56 Å². The number of aromatic nitrogens is 1. The van der Waals surface area contributed by atoms with Gasteiger partial charge >= 0.3 is 6.03 Å². The molecule has 4 N–H and O–H groups in total. The number of hydrogen-bond acceptors (Lipinski definition) is 6. The molecule has 2 heterocycles. The van der Waals surface area contributed by atoms with Gasteiger partial charge in [-0.1, -0.05) is 6.07 Å². The molecule has 0 saturated carbocycles. The molecule has 1 unspecified atom stereocenters. The zero-order valence-corrected chi connectivity index (χ0v) is 16.7. The second-order valence-electron chi connectivity index (χ2n) is 7.36. The van der Waals surface area contributed by atoms with E-state index in [9.17, 15) is 29.6 Å². The molecule has 3 aromatic rings. The number of rotatable bonds is 5. The van der Waals surface area contributed by atoms with Gasteiger partial charge in [0.25, 0.3) is 5.69 Å². The van der Waals surface area contributed by atoms with Crippen LogP contribution in [-0.2, 0) is 16.1 Å². The van der Waals surface area contributed by atoms with E-state index in [1.54, 1.807) is 24.4 Å². The number of non-ortho nitro benzene ring substituents is 1. The number of hydrogen-bond donors (Lipinski definition) is 4. The monoisotopic (exact) mass is 437 g/mol. The normalized spacial score (nSPS) is 15.9. The molecule has 1 aliphatic rings. The summed E-state index contributed by atoms with van der Waals surface area (Å²) in [7, 11) is 0. The van der Waals surface area contributed by atoms with Crippen LogP contribution < -0.4 is 16.0 Å². The molecule has 4 amide bonds. The number of imide groups is 1. The zero-order valence-electron chi connectivity index (χ0n) is 16.7. The van der Waals surface area contributed by atoms with Gasteiger partial charge in [-0.2, -0.15) is 0 Å². The topological polar surface area (TPSA) is 156 Å². The number of nitrogens with one attached hydrogen (secondary N) is 3. The maximum atomic E-state index is 12.1. The van der Waals surface area contributed by atoms with Crippen LogP contribution in [0.1, 0.15) is 24.4 Å². The van der Waals surface area contributed by atoms with Crippen molar-refractivity contribution in [3.05, 3.63) is 64.3 Å². The van der Waals surface area contributed by atoms with Crippen molar-refractivity contribution in [3.8, 4) is 5.88 Å². The van der Waals surface area contributed by atoms with E-state index in [-0.39, 0.29) is 30.4 Å². The van der Waals surface area contributed by atoms with E-state index in [1.807, 2.05) is 0 Å². The molecule has 0 aliphatic carbocycles. The number of benzene rings is 2. The molecule has 1 atom stereocenters. The summed E-state index contributed by atoms with van der Waals surface area (Å²) in [6.07, 6.45) is 2.14. The van der Waals surface area contributed by atoms with Crippen molar-refractivity contribution >= 4 is 40.0 Å². The molecule has 164 valence electrons. The first-order valence-electron chi connectivity index (χ1n) is 9.77. The first-order chi connectivity index (χ1) is 15.3. The lowest BCUT2D eigenvalue weighted by Crippen LogP contribution is -2.41. The summed E-state index contributed by atoms with van der Waals surface area (Å²) >= 11 is 0. The number of urea groups is 1. The Bertz CT molecular complexity index is 1230. The number of carbonyl (C=O) groups is 3. The number of aromatic hydroxyl groups is 1. The van der Waals surface area contributed by atoms with Crippen LogP contribution >= 0.6 is 0 Å². The fraction of sp³-hybridized carbons (Fsp3) is 0.190. The van der Waals surface area contributed by atoms with E-state index < -0.39 is 22.9 Å². The van der Waals surface area contributed by atoms with Gasteiger partial charge in [0.2, 0.25) is 11.8 Å². The minimum Gasteiger partial charge on any atom is -0.494 e. The number of nitrogens with zero attached hydrogens (tertiary/aromatic N) is 2. The van der Waals surface area contributed by atoms with Crippen LogP contribution in [0.15, 0.2) is 48.7 Å². The first-order valence-corrected chi connectivity index (χ1v) is 9.77. The molecule has 1 aliphatic heterocycles. The number of carbonyl (C=O) groups excluding carboxylic acids is 3. The van der Waals surface area contributed by atoms with Crippen LogP contribution in [-0.4, -0.2) is 32.4 Å². The standard InChI is InChI=1S/C21H19N5O6/c27-18-8-7-17(19(28)24-18)25-11-13-9-12(1-6-16(13)20(25)29)10-22-21(30)23-14-2-4-15(5-3-14)26(31)32/h1-6,9,11,17,29H,7-8,10H2,(H2,22,23,30)(H,24,27,28). The van der Waals surface area contributed by atoms with Crippen LogP contribution in [0, 0.1) is 10.1 Å². The molecule has 0 radical (unpaired) electrons. The average molecular weight is 437 g/mol. The van der Waals surface area contributed by atoms with Gasteiger partial charge < -0.3 is 20.3 Å². The lowest BCUT2D eigenvalue weighted by atomic mass is 10.1. The Morgan fingerprint density at radius 3 is 2.66 bits per heavy atom. The van der Waals surface area contributed by atoms with Gasteiger partial charge in [0.1, 0.15) is 6.04 Å². The summed E-state index contributed by atoms with van der Waals surface area (Å²) in [6.45, 7) is 0.194. The summed E-state index contributed by atoms with van der Waals surface area (Å²) in [5, 5.41) is 30.0. The number of nitro benzene ring substituents is 1. The van der Waals surface area contributed by atoms with E-state index in [0.29, 0.717) is 22.9 Å². The predicted molar refractivity (Wildman–Crippen MR) is 114 cm³/mol. The van der Waals surface area contributed by atoms with Gasteiger partial charge in [-0.05, 0) is 36.2 Å². The average Bonchev–Trinajstić information content (AvgIpc) is 3.08. The van der Waals surface area contributed by atoms with Gasteiger partial charge in [-0.15, -0.1) is 0 Å². The summed E-state index contributed by atoms with van der Waals surface area (Å²) in [5.41, 5.74) is 1.10. The molecule has 1 saturated heterocycles. The Morgan fingerprint density at radius 2 is 1.97 bits per heavy atom. The number of amides is 4. The maximum absolute atomic E-state index is 12.1. The SMILES string of the molecule is O=C1CCC(n2cc3cc(CNC(=O)Nc4ccc([N+](=O)[O-])cc4)ccc3c2O)C(=O)N1. The Kier molecular flexibility index (Phi) is 5.46. The molecular weight excluding hydrogens is 418 g/mol. The molecular formula is C21H19N5O6. The summed E-state index contributed by atoms with van der Waals surface area (Å²) in [5.74, 6) is -0.852. The highest BCUT2D eigenvalue weighted by molar-refractivity contribution is 6.00. The second kappa shape index (κ2) is 8.38. The Balaban J connectivity index is 1.42. The zero-order chi connectivity index (χ0) is 22.8. The largest absolute Gasteiger partial charge is 0.494 e. The van der Waals surface area contributed by atoms with E-state index in [4.69, 9.17) is 0 Å². The van der Waals surface area contributed by atoms with Crippen LogP contribution in [0.25, 0.3) is 10.8 Å². The van der Waals surface area contributed by atoms with Gasteiger partial charge in [0.05, 0.1) is 4.92 Å². The lowest BCUT2D eigenvalue weighted by Gasteiger charge is -2.22. The number of piperidine rings is 1. The Labute approximate surface area is 181 Å². The predicted octanol–water partition coefficient (Wildman–Crippen LogP) is 2.55. The van der Waals surface area contributed by atoms with E-state index in [1.165, 1.54) is 28.8 Å². The minimum atomic E-state index is -0.672. The fourth-order valence-electron chi connectivity index (χ4n) is 3.59. The number of nitro groups is 1. The number of fused-ring (bicyclic) bond motifs is 1. The molecule has 11 heteroatoms. The smallest absolute Gasteiger partial charge is 0.319 e. The van der Waals surface area contributed by atoms with Crippen molar-refractivity contribution in [3.63, 3.8) is 0 Å². The number of anilines is 1. The third-order valence-corrected chi connectivity index (χ3v) is 5.21. The van der Waals surface area contributed by atoms with Gasteiger partial charge in [-0.3, -0.25) is 25.0 Å². The van der Waals surface area contributed by atoms with Crippen molar-refractivity contribution in [2.45, 2.75) is 25.4 Å². The van der Waals surface area contributed by atoms with Crippen LogP contribution in [0.5, 0.6) is 5.88 Å².